The summed E-state index contributed by atoms with van der Waals surface area (Å²) in [4.78, 5) is 55.3. The number of thioether (sulfide) groups is 1. The zero-order valence-corrected chi connectivity index (χ0v) is 31.2. The summed E-state index contributed by atoms with van der Waals surface area (Å²) >= 11 is 2.86. The third-order valence-electron chi connectivity index (χ3n) is 8.77. The number of methoxy groups -OCH3 is 1. The molecule has 0 aliphatic heterocycles. The van der Waals surface area contributed by atoms with E-state index in [1.54, 1.807) is 36.4 Å². The number of fused-ring (bicyclic) bond motifs is 1. The Hall–Kier alpha value is -4.67. The van der Waals surface area contributed by atoms with Crippen LogP contribution >= 0.6 is 23.1 Å². The van der Waals surface area contributed by atoms with Gasteiger partial charge in [-0.3, -0.25) is 14.4 Å². The minimum Gasteiger partial charge on any atom is -0.465 e. The second kappa shape index (κ2) is 18.0. The zero-order chi connectivity index (χ0) is 36.3. The van der Waals surface area contributed by atoms with Crippen LogP contribution < -0.4 is 16.0 Å². The lowest BCUT2D eigenvalue weighted by Crippen LogP contribution is -2.30. The Labute approximate surface area is 308 Å². The number of anilines is 2. The van der Waals surface area contributed by atoms with Crippen molar-refractivity contribution in [3.8, 4) is 0 Å². The first-order valence-electron chi connectivity index (χ1n) is 17.5. The summed E-state index contributed by atoms with van der Waals surface area (Å²) in [5.41, 5.74) is 4.47. The van der Waals surface area contributed by atoms with Crippen LogP contribution in [0.4, 0.5) is 10.7 Å². The maximum absolute atomic E-state index is 13.7. The molecule has 3 amide bonds. The number of nitrogens with one attached hydrogen (secondary N) is 3. The van der Waals surface area contributed by atoms with E-state index in [1.807, 2.05) is 55.5 Å². The van der Waals surface area contributed by atoms with Gasteiger partial charge in [-0.05, 0) is 91.1 Å². The minimum absolute atomic E-state index is 0.0940. The molecule has 1 atom stereocenters. The van der Waals surface area contributed by atoms with Gasteiger partial charge in [0.2, 0.25) is 5.91 Å². The predicted molar refractivity (Wildman–Crippen MR) is 208 cm³/mol. The highest BCUT2D eigenvalue weighted by Crippen LogP contribution is 2.38. The summed E-state index contributed by atoms with van der Waals surface area (Å²) < 4.78 is 5.14. The van der Waals surface area contributed by atoms with Crippen molar-refractivity contribution in [3.63, 3.8) is 0 Å². The zero-order valence-electron chi connectivity index (χ0n) is 29.5. The first-order valence-corrected chi connectivity index (χ1v) is 19.2. The Morgan fingerprint density at radius 2 is 1.61 bits per heavy atom. The highest BCUT2D eigenvalue weighted by Gasteiger charge is 2.28. The average molecular weight is 724 g/mol. The molecule has 0 saturated carbocycles. The van der Waals surface area contributed by atoms with Gasteiger partial charge in [0.25, 0.3) is 11.8 Å². The number of carbonyl (C=O) groups excluding carboxylic acids is 4. The third-order valence-corrected chi connectivity index (χ3v) is 11.3. The second-order valence-corrected chi connectivity index (χ2v) is 15.2. The molecule has 0 spiro atoms. The molecular formula is C41H45N3O5S2. The molecule has 0 fully saturated rings. The van der Waals surface area contributed by atoms with E-state index in [0.717, 1.165) is 59.4 Å². The predicted octanol–water partition coefficient (Wildman–Crippen LogP) is 9.24. The molecular weight excluding hydrogens is 679 g/mol. The molecule has 0 radical (unpaired) electrons. The molecule has 0 saturated heterocycles. The van der Waals surface area contributed by atoms with Crippen molar-refractivity contribution in [1.29, 1.82) is 0 Å². The van der Waals surface area contributed by atoms with Gasteiger partial charge in [-0.1, -0.05) is 82.1 Å². The van der Waals surface area contributed by atoms with Crippen LogP contribution in [0.5, 0.6) is 0 Å². The van der Waals surface area contributed by atoms with E-state index < -0.39 is 23.0 Å². The molecule has 0 bridgehead atoms. The number of aryl methyl sites for hydroxylation is 1. The fourth-order valence-corrected chi connectivity index (χ4v) is 8.23. The molecule has 5 rings (SSSR count). The quantitative estimate of drug-likeness (QED) is 0.0763. The van der Waals surface area contributed by atoms with Crippen molar-refractivity contribution in [2.75, 3.05) is 17.7 Å². The van der Waals surface area contributed by atoms with Crippen LogP contribution in [0.2, 0.25) is 0 Å². The van der Waals surface area contributed by atoms with Crippen molar-refractivity contribution in [2.24, 2.45) is 0 Å². The molecule has 10 heteroatoms. The number of benzene rings is 3. The molecule has 1 aliphatic rings. The van der Waals surface area contributed by atoms with Gasteiger partial charge in [-0.15, -0.1) is 23.1 Å². The Balaban J connectivity index is 1.32. The van der Waals surface area contributed by atoms with Crippen molar-refractivity contribution >= 4 is 63.6 Å². The van der Waals surface area contributed by atoms with Crippen LogP contribution in [0.25, 0.3) is 6.08 Å². The summed E-state index contributed by atoms with van der Waals surface area (Å²) in [7, 11) is 1.37. The molecule has 1 aromatic heterocycles. The number of ether oxygens (including phenoxy) is 1. The number of esters is 1. The van der Waals surface area contributed by atoms with Crippen LogP contribution in [-0.2, 0) is 27.2 Å². The molecule has 266 valence electrons. The normalized spacial score (nSPS) is 13.7. The monoisotopic (exact) mass is 723 g/mol. The van der Waals surface area contributed by atoms with Crippen molar-refractivity contribution in [3.05, 3.63) is 117 Å². The van der Waals surface area contributed by atoms with E-state index in [0.29, 0.717) is 34.2 Å². The SMILES string of the molecule is CCC(Sc1cccc(NC(=O)/C(=C\c2ccc(C(C)C)cc2)NC(=O)c2ccccc2)c1)C(=O)Nc1sc2c(c1C(=O)OC)CCCCCC2. The Morgan fingerprint density at radius 3 is 2.29 bits per heavy atom. The van der Waals surface area contributed by atoms with Crippen LogP contribution in [0.3, 0.4) is 0 Å². The van der Waals surface area contributed by atoms with E-state index in [9.17, 15) is 19.2 Å². The van der Waals surface area contributed by atoms with Crippen molar-refractivity contribution in [2.45, 2.75) is 81.8 Å². The van der Waals surface area contributed by atoms with Gasteiger partial charge < -0.3 is 20.7 Å². The highest BCUT2D eigenvalue weighted by atomic mass is 32.2. The van der Waals surface area contributed by atoms with Crippen LogP contribution in [-0.4, -0.2) is 36.1 Å². The van der Waals surface area contributed by atoms with Crippen LogP contribution in [0.1, 0.15) is 101 Å². The number of amides is 3. The van der Waals surface area contributed by atoms with E-state index >= 15 is 0 Å². The molecule has 1 unspecified atom stereocenters. The molecule has 1 heterocycles. The second-order valence-electron chi connectivity index (χ2n) is 12.8. The molecule has 1 aliphatic carbocycles. The standard InChI is InChI=1S/C41H45N3O5S2/c1-5-34(39(47)44-40-36(41(48)49-4)32-18-11-6-7-12-19-35(32)51-40)50-31-17-13-16-30(25-31)42-38(46)33(43-37(45)29-14-9-8-10-15-29)24-27-20-22-28(23-21-27)26(2)3/h8-10,13-17,20-26,34H,5-7,11-12,18-19H2,1-4H3,(H,42,46)(H,43,45)(H,44,47)/b33-24+. The first kappa shape index (κ1) is 37.6. The van der Waals surface area contributed by atoms with E-state index in [-0.39, 0.29) is 11.6 Å². The smallest absolute Gasteiger partial charge is 0.341 e. The molecule has 8 nitrogen and oxygen atoms in total. The minimum atomic E-state index is -0.484. The topological polar surface area (TPSA) is 114 Å². The van der Waals surface area contributed by atoms with E-state index in [2.05, 4.69) is 29.8 Å². The fraction of sp³-hybridized carbons (Fsp3) is 0.317. The van der Waals surface area contributed by atoms with Crippen molar-refractivity contribution < 1.29 is 23.9 Å². The van der Waals surface area contributed by atoms with Gasteiger partial charge in [0.05, 0.1) is 17.9 Å². The summed E-state index contributed by atoms with van der Waals surface area (Å²) in [6, 6.07) is 23.9. The maximum atomic E-state index is 13.7. The largest absolute Gasteiger partial charge is 0.465 e. The average Bonchev–Trinajstić information content (AvgIpc) is 3.45. The molecule has 4 aromatic rings. The molecule has 51 heavy (non-hydrogen) atoms. The Kier molecular flexibility index (Phi) is 13.3. The van der Waals surface area contributed by atoms with Crippen LogP contribution in [0, 0.1) is 0 Å². The summed E-state index contributed by atoms with van der Waals surface area (Å²) in [5, 5.41) is 8.88. The van der Waals surface area contributed by atoms with Gasteiger partial charge in [-0.25, -0.2) is 4.79 Å². The Morgan fingerprint density at radius 1 is 0.882 bits per heavy atom. The number of rotatable bonds is 12. The highest BCUT2D eigenvalue weighted by molar-refractivity contribution is 8.00. The van der Waals surface area contributed by atoms with E-state index in [1.165, 1.54) is 35.8 Å². The van der Waals surface area contributed by atoms with Crippen molar-refractivity contribution in [1.82, 2.24) is 5.32 Å². The van der Waals surface area contributed by atoms with Gasteiger partial charge in [0.1, 0.15) is 10.7 Å². The summed E-state index contributed by atoms with van der Waals surface area (Å²) in [6.45, 7) is 6.17. The number of thiophene rings is 1. The third kappa shape index (κ3) is 9.98. The summed E-state index contributed by atoms with van der Waals surface area (Å²) in [5.74, 6) is -1.14. The lowest BCUT2D eigenvalue weighted by Gasteiger charge is -2.16. The van der Waals surface area contributed by atoms with E-state index in [4.69, 9.17) is 4.74 Å². The van der Waals surface area contributed by atoms with Gasteiger partial charge in [0.15, 0.2) is 0 Å². The lowest BCUT2D eigenvalue weighted by molar-refractivity contribution is -0.116. The number of hydrogen-bond acceptors (Lipinski definition) is 7. The maximum Gasteiger partial charge on any atom is 0.341 e. The molecule has 3 aromatic carbocycles. The Bertz CT molecular complexity index is 1880. The number of carbonyl (C=O) groups is 4. The lowest BCUT2D eigenvalue weighted by atomic mass is 9.96. The summed E-state index contributed by atoms with van der Waals surface area (Å²) in [6.07, 6.45) is 8.23. The van der Waals surface area contributed by atoms with Gasteiger partial charge in [0, 0.05) is 21.0 Å². The first-order chi connectivity index (χ1) is 24.7. The molecule has 3 N–H and O–H groups in total. The fourth-order valence-electron chi connectivity index (χ4n) is 5.94. The number of hydrogen-bond donors (Lipinski definition) is 3. The van der Waals surface area contributed by atoms with Gasteiger partial charge >= 0.3 is 5.97 Å². The van der Waals surface area contributed by atoms with Crippen LogP contribution in [0.15, 0.2) is 89.5 Å². The van der Waals surface area contributed by atoms with Gasteiger partial charge in [-0.2, -0.15) is 0 Å².